The van der Waals surface area contributed by atoms with E-state index in [-0.39, 0.29) is 17.8 Å². The highest BCUT2D eigenvalue weighted by molar-refractivity contribution is 5.69. The van der Waals surface area contributed by atoms with Gasteiger partial charge in [-0.3, -0.25) is 4.79 Å². The van der Waals surface area contributed by atoms with Gasteiger partial charge in [0.25, 0.3) is 0 Å². The smallest absolute Gasteiger partial charge is 0.305 e. The van der Waals surface area contributed by atoms with Crippen LogP contribution in [-0.2, 0) is 9.53 Å². The van der Waals surface area contributed by atoms with Crippen molar-refractivity contribution >= 4 is 5.97 Å². The first-order chi connectivity index (χ1) is 10.0. The number of hydrogen-bond acceptors (Lipinski definition) is 3. The van der Waals surface area contributed by atoms with Crippen LogP contribution in [0.25, 0.3) is 0 Å². The van der Waals surface area contributed by atoms with Gasteiger partial charge in [-0.1, -0.05) is 38.7 Å². The molecule has 0 radical (unpaired) electrons. The first-order valence-corrected chi connectivity index (χ1v) is 7.65. The molecular weight excluding hydrogens is 271 g/mol. The summed E-state index contributed by atoms with van der Waals surface area (Å²) in [5, 5.41) is 8.57. The van der Waals surface area contributed by atoms with Crippen molar-refractivity contribution in [3.8, 4) is 5.75 Å². The summed E-state index contributed by atoms with van der Waals surface area (Å²) in [7, 11) is 0. The molecule has 0 saturated heterocycles. The molecule has 1 aromatic rings. The minimum Gasteiger partial charge on any atom is -0.508 e. The normalized spacial score (nSPS) is 16.0. The summed E-state index contributed by atoms with van der Waals surface area (Å²) >= 11 is 0. The molecule has 0 aliphatic heterocycles. The number of rotatable bonds is 4. The van der Waals surface area contributed by atoms with E-state index in [1.807, 2.05) is 13.8 Å². The van der Waals surface area contributed by atoms with E-state index in [0.717, 1.165) is 18.4 Å². The molecule has 3 nitrogen and oxygen atoms in total. The first kappa shape index (κ1) is 17.5. The number of hydrogen-bond donors (Lipinski definition) is 1. The Labute approximate surface area is 126 Å². The van der Waals surface area contributed by atoms with Crippen molar-refractivity contribution in [1.29, 1.82) is 0 Å². The third-order valence-corrected chi connectivity index (χ3v) is 3.57. The standard InChI is InChI=1S/C11H20O2.C6H5FO/c1-3-11(12)13-9(2)8-10-6-4-5-7-10;7-5-2-1-3-6(8)4-5/h9-10H,3-8H2,1-2H3;1-4,8H. The zero-order chi connectivity index (χ0) is 15.7. The van der Waals surface area contributed by atoms with Crippen LogP contribution < -0.4 is 0 Å². The first-order valence-electron chi connectivity index (χ1n) is 7.65. The minimum absolute atomic E-state index is 0.0370. The van der Waals surface area contributed by atoms with Crippen LogP contribution in [0.15, 0.2) is 24.3 Å². The highest BCUT2D eigenvalue weighted by Gasteiger charge is 2.19. The summed E-state index contributed by atoms with van der Waals surface area (Å²) < 4.78 is 17.2. The van der Waals surface area contributed by atoms with Crippen molar-refractivity contribution in [3.63, 3.8) is 0 Å². The summed E-state index contributed by atoms with van der Waals surface area (Å²) in [5.74, 6) is 0.292. The van der Waals surface area contributed by atoms with Crippen LogP contribution in [0.3, 0.4) is 0 Å². The van der Waals surface area contributed by atoms with E-state index in [0.29, 0.717) is 6.42 Å². The van der Waals surface area contributed by atoms with Gasteiger partial charge in [0.15, 0.2) is 0 Å². The SMILES string of the molecule is CCC(=O)OC(C)CC1CCCC1.Oc1cccc(F)c1. The molecule has 1 atom stereocenters. The summed E-state index contributed by atoms with van der Waals surface area (Å²) in [6, 6.07) is 5.20. The van der Waals surface area contributed by atoms with Crippen LogP contribution in [0.5, 0.6) is 5.75 Å². The molecule has 1 aromatic carbocycles. The maximum absolute atomic E-state index is 12.0. The number of benzene rings is 1. The second-order valence-electron chi connectivity index (χ2n) is 5.52. The lowest BCUT2D eigenvalue weighted by Crippen LogP contribution is -2.16. The molecule has 0 aromatic heterocycles. The maximum atomic E-state index is 12.0. The Morgan fingerprint density at radius 2 is 2.10 bits per heavy atom. The zero-order valence-electron chi connectivity index (χ0n) is 12.8. The third-order valence-electron chi connectivity index (χ3n) is 3.57. The fraction of sp³-hybridized carbons (Fsp3) is 0.588. The summed E-state index contributed by atoms with van der Waals surface area (Å²) in [6.07, 6.45) is 7.05. The quantitative estimate of drug-likeness (QED) is 0.835. The molecule has 2 rings (SSSR count). The Bertz CT molecular complexity index is 411. The fourth-order valence-corrected chi connectivity index (χ4v) is 2.55. The van der Waals surface area contributed by atoms with Crippen molar-refractivity contribution in [1.82, 2.24) is 0 Å². The van der Waals surface area contributed by atoms with Crippen LogP contribution in [-0.4, -0.2) is 17.2 Å². The average molecular weight is 296 g/mol. The van der Waals surface area contributed by atoms with Gasteiger partial charge in [0.05, 0.1) is 6.10 Å². The minimum atomic E-state index is -0.412. The summed E-state index contributed by atoms with van der Waals surface area (Å²) in [4.78, 5) is 11.0. The van der Waals surface area contributed by atoms with Gasteiger partial charge in [-0.2, -0.15) is 0 Å². The fourth-order valence-electron chi connectivity index (χ4n) is 2.55. The predicted molar refractivity (Wildman–Crippen MR) is 80.5 cm³/mol. The highest BCUT2D eigenvalue weighted by Crippen LogP contribution is 2.29. The number of carbonyl (C=O) groups excluding carboxylic acids is 1. The van der Waals surface area contributed by atoms with Gasteiger partial charge in [-0.25, -0.2) is 4.39 Å². The van der Waals surface area contributed by atoms with E-state index in [9.17, 15) is 9.18 Å². The Morgan fingerprint density at radius 1 is 1.43 bits per heavy atom. The van der Waals surface area contributed by atoms with Gasteiger partial charge in [0, 0.05) is 12.5 Å². The summed E-state index contributed by atoms with van der Waals surface area (Å²) in [6.45, 7) is 3.84. The molecule has 118 valence electrons. The Hall–Kier alpha value is -1.58. The Kier molecular flexibility index (Phi) is 7.80. The maximum Gasteiger partial charge on any atom is 0.305 e. The number of phenolic OH excluding ortho intramolecular Hbond substituents is 1. The van der Waals surface area contributed by atoms with Crippen molar-refractivity contribution in [2.75, 3.05) is 0 Å². The predicted octanol–water partition coefficient (Wildman–Crippen LogP) is 4.44. The largest absolute Gasteiger partial charge is 0.508 e. The molecule has 1 unspecified atom stereocenters. The second-order valence-corrected chi connectivity index (χ2v) is 5.52. The third kappa shape index (κ3) is 7.69. The van der Waals surface area contributed by atoms with Gasteiger partial charge in [-0.05, 0) is 31.4 Å². The number of carbonyl (C=O) groups is 1. The molecule has 0 amide bonds. The molecule has 21 heavy (non-hydrogen) atoms. The van der Waals surface area contributed by atoms with Crippen LogP contribution >= 0.6 is 0 Å². The van der Waals surface area contributed by atoms with Gasteiger partial charge in [0.1, 0.15) is 11.6 Å². The van der Waals surface area contributed by atoms with Crippen molar-refractivity contribution in [2.24, 2.45) is 5.92 Å². The number of phenols is 1. The van der Waals surface area contributed by atoms with Crippen molar-refractivity contribution < 1.29 is 19.0 Å². The van der Waals surface area contributed by atoms with Gasteiger partial charge < -0.3 is 9.84 Å². The lowest BCUT2D eigenvalue weighted by molar-refractivity contribution is -0.148. The van der Waals surface area contributed by atoms with E-state index in [1.54, 1.807) is 0 Å². The average Bonchev–Trinajstić information content (AvgIpc) is 2.91. The molecule has 0 bridgehead atoms. The molecule has 1 fully saturated rings. The van der Waals surface area contributed by atoms with Crippen LogP contribution in [0.4, 0.5) is 4.39 Å². The van der Waals surface area contributed by atoms with E-state index in [4.69, 9.17) is 9.84 Å². The Morgan fingerprint density at radius 3 is 2.57 bits per heavy atom. The molecule has 4 heteroatoms. The number of ether oxygens (including phenoxy) is 1. The van der Waals surface area contributed by atoms with Crippen molar-refractivity contribution in [2.45, 2.75) is 58.5 Å². The molecule has 1 N–H and O–H groups in total. The van der Waals surface area contributed by atoms with Crippen molar-refractivity contribution in [3.05, 3.63) is 30.1 Å². The Balaban J connectivity index is 0.000000235. The molecule has 1 aliphatic carbocycles. The molecule has 1 aliphatic rings. The van der Waals surface area contributed by atoms with Gasteiger partial charge in [0.2, 0.25) is 0 Å². The monoisotopic (exact) mass is 296 g/mol. The summed E-state index contributed by atoms with van der Waals surface area (Å²) in [5.41, 5.74) is 0. The lowest BCUT2D eigenvalue weighted by atomic mass is 10.0. The van der Waals surface area contributed by atoms with Crippen LogP contribution in [0.2, 0.25) is 0 Å². The lowest BCUT2D eigenvalue weighted by Gasteiger charge is -2.16. The van der Waals surface area contributed by atoms with E-state index in [1.165, 1.54) is 43.9 Å². The van der Waals surface area contributed by atoms with E-state index in [2.05, 4.69) is 0 Å². The highest BCUT2D eigenvalue weighted by atomic mass is 19.1. The topological polar surface area (TPSA) is 46.5 Å². The van der Waals surface area contributed by atoms with Crippen LogP contribution in [0.1, 0.15) is 52.4 Å². The number of aromatic hydroxyl groups is 1. The molecule has 0 heterocycles. The zero-order valence-corrected chi connectivity index (χ0v) is 12.8. The molecular formula is C17H25FO3. The van der Waals surface area contributed by atoms with Gasteiger partial charge >= 0.3 is 5.97 Å². The van der Waals surface area contributed by atoms with E-state index < -0.39 is 5.82 Å². The second kappa shape index (κ2) is 9.37. The number of halogens is 1. The molecule has 0 spiro atoms. The van der Waals surface area contributed by atoms with E-state index >= 15 is 0 Å². The molecule has 1 saturated carbocycles. The van der Waals surface area contributed by atoms with Crippen LogP contribution in [0, 0.1) is 11.7 Å². The number of esters is 1. The van der Waals surface area contributed by atoms with Gasteiger partial charge in [-0.15, -0.1) is 0 Å².